The normalized spacial score (nSPS) is 11.0. The van der Waals surface area contributed by atoms with Crippen molar-refractivity contribution < 1.29 is 14.2 Å². The Morgan fingerprint density at radius 3 is 2.28 bits per heavy atom. The number of fused-ring (bicyclic) bond motifs is 1. The van der Waals surface area contributed by atoms with Crippen molar-refractivity contribution in [2.75, 3.05) is 21.3 Å². The fourth-order valence-corrected chi connectivity index (χ4v) is 3.80. The van der Waals surface area contributed by atoms with Gasteiger partial charge in [0.15, 0.2) is 17.1 Å². The van der Waals surface area contributed by atoms with Crippen LogP contribution in [0.1, 0.15) is 11.1 Å². The van der Waals surface area contributed by atoms with Crippen LogP contribution in [0.15, 0.2) is 59.5 Å². The molecule has 8 nitrogen and oxygen atoms in total. The third-order valence-corrected chi connectivity index (χ3v) is 5.36. The van der Waals surface area contributed by atoms with E-state index in [0.717, 1.165) is 22.3 Å². The summed E-state index contributed by atoms with van der Waals surface area (Å²) in [6, 6.07) is 15.8. The van der Waals surface area contributed by atoms with Crippen molar-refractivity contribution in [3.8, 4) is 28.4 Å². The summed E-state index contributed by atoms with van der Waals surface area (Å²) < 4.78 is 19.3. The summed E-state index contributed by atoms with van der Waals surface area (Å²) in [6.45, 7) is 1.04. The van der Waals surface area contributed by atoms with Crippen LogP contribution >= 0.6 is 0 Å². The topological polar surface area (TPSA) is 79.0 Å². The lowest BCUT2D eigenvalue weighted by Gasteiger charge is -2.16. The van der Waals surface area contributed by atoms with E-state index >= 15 is 0 Å². The lowest BCUT2D eigenvalue weighted by atomic mass is 10.1. The SMILES string of the molecule is COc1ccc(CNCc2cc(-c3ccccc3)cn3c(=O)n(C)nc23)c(OC)c1OC. The number of hydrogen-bond acceptors (Lipinski definition) is 6. The summed E-state index contributed by atoms with van der Waals surface area (Å²) >= 11 is 0. The highest BCUT2D eigenvalue weighted by atomic mass is 16.5. The first-order valence-electron chi connectivity index (χ1n) is 10.2. The highest BCUT2D eigenvalue weighted by Gasteiger charge is 2.16. The molecule has 0 amide bonds. The van der Waals surface area contributed by atoms with E-state index in [0.29, 0.717) is 36.0 Å². The van der Waals surface area contributed by atoms with E-state index in [4.69, 9.17) is 14.2 Å². The van der Waals surface area contributed by atoms with Crippen LogP contribution in [0.25, 0.3) is 16.8 Å². The number of nitrogens with zero attached hydrogens (tertiary/aromatic N) is 3. The number of rotatable bonds is 8. The number of hydrogen-bond donors (Lipinski definition) is 1. The quantitative estimate of drug-likeness (QED) is 0.459. The minimum Gasteiger partial charge on any atom is -0.493 e. The van der Waals surface area contributed by atoms with Gasteiger partial charge in [0, 0.05) is 37.5 Å². The molecule has 166 valence electrons. The zero-order valence-corrected chi connectivity index (χ0v) is 18.6. The van der Waals surface area contributed by atoms with Gasteiger partial charge in [0.2, 0.25) is 5.75 Å². The van der Waals surface area contributed by atoms with Crippen LogP contribution in [-0.2, 0) is 20.1 Å². The molecule has 0 aliphatic rings. The summed E-state index contributed by atoms with van der Waals surface area (Å²) in [6.07, 6.45) is 1.83. The molecule has 0 saturated carbocycles. The van der Waals surface area contributed by atoms with Crippen molar-refractivity contribution in [3.05, 3.63) is 76.3 Å². The van der Waals surface area contributed by atoms with Gasteiger partial charge >= 0.3 is 5.69 Å². The molecule has 0 bridgehead atoms. The molecule has 0 unspecified atom stereocenters. The lowest BCUT2D eigenvalue weighted by molar-refractivity contribution is 0.321. The van der Waals surface area contributed by atoms with Gasteiger partial charge in [-0.3, -0.25) is 0 Å². The Morgan fingerprint density at radius 1 is 0.875 bits per heavy atom. The molecule has 0 aliphatic heterocycles. The van der Waals surface area contributed by atoms with E-state index in [9.17, 15) is 4.79 Å². The fourth-order valence-electron chi connectivity index (χ4n) is 3.80. The van der Waals surface area contributed by atoms with Gasteiger partial charge in [0.25, 0.3) is 0 Å². The smallest absolute Gasteiger partial charge is 0.350 e. The number of pyridine rings is 1. The minimum absolute atomic E-state index is 0.180. The molecular weight excluding hydrogens is 408 g/mol. The van der Waals surface area contributed by atoms with Gasteiger partial charge in [-0.05, 0) is 23.3 Å². The van der Waals surface area contributed by atoms with Crippen molar-refractivity contribution in [2.24, 2.45) is 7.05 Å². The second-order valence-corrected chi connectivity index (χ2v) is 7.32. The average molecular weight is 434 g/mol. The summed E-state index contributed by atoms with van der Waals surface area (Å²) in [7, 11) is 6.44. The second-order valence-electron chi connectivity index (χ2n) is 7.32. The second kappa shape index (κ2) is 9.15. The van der Waals surface area contributed by atoms with E-state index in [1.165, 1.54) is 4.68 Å². The summed E-state index contributed by atoms with van der Waals surface area (Å²) in [4.78, 5) is 12.6. The number of methoxy groups -OCH3 is 3. The Labute approximate surface area is 186 Å². The van der Waals surface area contributed by atoms with Crippen molar-refractivity contribution in [2.45, 2.75) is 13.1 Å². The van der Waals surface area contributed by atoms with Crippen molar-refractivity contribution >= 4 is 5.65 Å². The zero-order valence-electron chi connectivity index (χ0n) is 18.6. The monoisotopic (exact) mass is 434 g/mol. The van der Waals surface area contributed by atoms with Crippen LogP contribution in [0.4, 0.5) is 0 Å². The summed E-state index contributed by atoms with van der Waals surface area (Å²) in [5, 5.41) is 7.86. The largest absolute Gasteiger partial charge is 0.493 e. The fraction of sp³-hybridized carbons (Fsp3) is 0.250. The third kappa shape index (κ3) is 3.92. The molecule has 1 N–H and O–H groups in total. The van der Waals surface area contributed by atoms with Crippen LogP contribution in [0.3, 0.4) is 0 Å². The van der Waals surface area contributed by atoms with E-state index in [1.807, 2.05) is 48.7 Å². The van der Waals surface area contributed by atoms with Crippen molar-refractivity contribution in [1.82, 2.24) is 19.5 Å². The van der Waals surface area contributed by atoms with Crippen LogP contribution in [0.5, 0.6) is 17.2 Å². The Balaban J connectivity index is 1.65. The van der Waals surface area contributed by atoms with Gasteiger partial charge < -0.3 is 19.5 Å². The first-order chi connectivity index (χ1) is 15.6. The van der Waals surface area contributed by atoms with Gasteiger partial charge in [0.1, 0.15) is 0 Å². The Hall–Kier alpha value is -3.78. The number of aryl methyl sites for hydroxylation is 1. The first kappa shape index (κ1) is 21.5. The number of benzene rings is 2. The van der Waals surface area contributed by atoms with Gasteiger partial charge in [-0.25, -0.2) is 13.9 Å². The van der Waals surface area contributed by atoms with Gasteiger partial charge in [0.05, 0.1) is 21.3 Å². The van der Waals surface area contributed by atoms with E-state index < -0.39 is 0 Å². The number of nitrogens with one attached hydrogen (secondary N) is 1. The maximum absolute atomic E-state index is 12.6. The van der Waals surface area contributed by atoms with Gasteiger partial charge in [-0.2, -0.15) is 0 Å². The summed E-state index contributed by atoms with van der Waals surface area (Å²) in [5.74, 6) is 1.79. The van der Waals surface area contributed by atoms with Crippen LogP contribution in [0.2, 0.25) is 0 Å². The molecule has 2 heterocycles. The minimum atomic E-state index is -0.180. The maximum atomic E-state index is 12.6. The van der Waals surface area contributed by atoms with Crippen LogP contribution < -0.4 is 25.2 Å². The molecule has 0 radical (unpaired) electrons. The molecule has 0 saturated heterocycles. The van der Waals surface area contributed by atoms with E-state index in [2.05, 4.69) is 16.5 Å². The Morgan fingerprint density at radius 2 is 1.59 bits per heavy atom. The number of ether oxygens (including phenoxy) is 3. The highest BCUT2D eigenvalue weighted by molar-refractivity contribution is 5.66. The molecule has 4 rings (SSSR count). The molecule has 0 spiro atoms. The number of aromatic nitrogens is 3. The average Bonchev–Trinajstić information content (AvgIpc) is 3.12. The molecule has 0 atom stereocenters. The van der Waals surface area contributed by atoms with Crippen molar-refractivity contribution in [1.29, 1.82) is 0 Å². The molecule has 8 heteroatoms. The highest BCUT2D eigenvalue weighted by Crippen LogP contribution is 2.39. The molecule has 32 heavy (non-hydrogen) atoms. The zero-order chi connectivity index (χ0) is 22.7. The maximum Gasteiger partial charge on any atom is 0.350 e. The van der Waals surface area contributed by atoms with Crippen LogP contribution in [0, 0.1) is 0 Å². The molecule has 0 aliphatic carbocycles. The van der Waals surface area contributed by atoms with E-state index in [-0.39, 0.29) is 5.69 Å². The predicted molar refractivity (Wildman–Crippen MR) is 123 cm³/mol. The van der Waals surface area contributed by atoms with Gasteiger partial charge in [-0.1, -0.05) is 36.4 Å². The molecular formula is C24H26N4O4. The lowest BCUT2D eigenvalue weighted by Crippen LogP contribution is -2.18. The predicted octanol–water partition coefficient (Wildman–Crippen LogP) is 3.02. The third-order valence-electron chi connectivity index (χ3n) is 5.36. The molecule has 4 aromatic rings. The van der Waals surface area contributed by atoms with E-state index in [1.54, 1.807) is 32.8 Å². The Bertz CT molecular complexity index is 1300. The molecule has 0 fully saturated rings. The molecule has 2 aromatic heterocycles. The first-order valence-corrected chi connectivity index (χ1v) is 10.2. The molecule has 2 aromatic carbocycles. The summed E-state index contributed by atoms with van der Waals surface area (Å²) in [5.41, 5.74) is 4.29. The standard InChI is InChI=1S/C24H26N4O4/c1-27-24(29)28-15-19(16-8-6-5-7-9-16)12-18(23(28)26-27)14-25-13-17-10-11-20(30-2)22(32-4)21(17)31-3/h5-12,15,25H,13-14H2,1-4H3. The van der Waals surface area contributed by atoms with Crippen molar-refractivity contribution in [3.63, 3.8) is 0 Å². The van der Waals surface area contributed by atoms with Gasteiger partial charge in [-0.15, -0.1) is 5.10 Å². The van der Waals surface area contributed by atoms with Crippen LogP contribution in [-0.4, -0.2) is 35.5 Å². The Kier molecular flexibility index (Phi) is 6.13.